The molecule has 0 saturated carbocycles. The molecule has 2 rings (SSSR count). The molecular formula is C17H24N2O7S2. The normalized spacial score (nSPS) is 18.6. The number of carbonyl (C=O) groups is 2. The number of rotatable bonds is 8. The van der Waals surface area contributed by atoms with E-state index in [0.717, 1.165) is 5.56 Å². The van der Waals surface area contributed by atoms with Gasteiger partial charge in [0.25, 0.3) is 5.91 Å². The minimum absolute atomic E-state index is 0.0153. The molecule has 1 aliphatic heterocycles. The summed E-state index contributed by atoms with van der Waals surface area (Å²) in [4.78, 5) is 25.4. The number of hydrogen-bond acceptors (Lipinski definition) is 7. The predicted molar refractivity (Wildman–Crippen MR) is 102 cm³/mol. The van der Waals surface area contributed by atoms with Gasteiger partial charge in [0.2, 0.25) is 10.0 Å². The Bertz CT molecular complexity index is 925. The molecular weight excluding hydrogens is 408 g/mol. The Morgan fingerprint density at radius 3 is 2.43 bits per heavy atom. The summed E-state index contributed by atoms with van der Waals surface area (Å²) in [6, 6.07) is 5.67. The van der Waals surface area contributed by atoms with Crippen LogP contribution in [0.25, 0.3) is 0 Å². The molecule has 28 heavy (non-hydrogen) atoms. The SMILES string of the molecule is CCN(C(=O)COC(=O)CNS(=O)(=O)c1ccc(C)cc1)[C@@H]1CCS(=O)(=O)C1. The van der Waals surface area contributed by atoms with Crippen molar-refractivity contribution in [1.29, 1.82) is 0 Å². The van der Waals surface area contributed by atoms with Crippen molar-refractivity contribution in [3.05, 3.63) is 29.8 Å². The van der Waals surface area contributed by atoms with Crippen molar-refractivity contribution >= 4 is 31.7 Å². The average molecular weight is 433 g/mol. The Balaban J connectivity index is 1.84. The Labute approximate surface area is 165 Å². The second kappa shape index (κ2) is 9.01. The third-order valence-electron chi connectivity index (χ3n) is 4.40. The van der Waals surface area contributed by atoms with Crippen molar-refractivity contribution in [3.8, 4) is 0 Å². The fraction of sp³-hybridized carbons (Fsp3) is 0.529. The number of hydrogen-bond donors (Lipinski definition) is 1. The van der Waals surface area contributed by atoms with Crippen LogP contribution in [0, 0.1) is 6.92 Å². The summed E-state index contributed by atoms with van der Waals surface area (Å²) in [5.74, 6) is -1.49. The van der Waals surface area contributed by atoms with Gasteiger partial charge in [0.15, 0.2) is 16.4 Å². The largest absolute Gasteiger partial charge is 0.455 e. The lowest BCUT2D eigenvalue weighted by Crippen LogP contribution is -2.43. The summed E-state index contributed by atoms with van der Waals surface area (Å²) >= 11 is 0. The lowest BCUT2D eigenvalue weighted by Gasteiger charge is -2.26. The van der Waals surface area contributed by atoms with Crippen LogP contribution in [-0.2, 0) is 34.2 Å². The van der Waals surface area contributed by atoms with Crippen LogP contribution in [0.4, 0.5) is 0 Å². The standard InChI is InChI=1S/C17H24N2O7S2/c1-3-19(14-8-9-27(22,23)12-14)16(20)11-26-17(21)10-18-28(24,25)15-6-4-13(2)5-7-15/h4-7,14,18H,3,8-12H2,1-2H3/t14-/m1/s1. The van der Waals surface area contributed by atoms with E-state index in [-0.39, 0.29) is 22.9 Å². The van der Waals surface area contributed by atoms with Crippen LogP contribution >= 0.6 is 0 Å². The quantitative estimate of drug-likeness (QED) is 0.566. The van der Waals surface area contributed by atoms with Crippen LogP contribution in [0.2, 0.25) is 0 Å². The molecule has 156 valence electrons. The van der Waals surface area contributed by atoms with E-state index in [4.69, 9.17) is 4.74 Å². The van der Waals surface area contributed by atoms with Crippen molar-refractivity contribution in [2.75, 3.05) is 31.2 Å². The first-order chi connectivity index (χ1) is 13.0. The van der Waals surface area contributed by atoms with Gasteiger partial charge in [0.05, 0.1) is 16.4 Å². The molecule has 1 aromatic rings. The number of nitrogens with zero attached hydrogens (tertiary/aromatic N) is 1. The van der Waals surface area contributed by atoms with Gasteiger partial charge in [-0.25, -0.2) is 16.8 Å². The van der Waals surface area contributed by atoms with Gasteiger partial charge in [-0.2, -0.15) is 4.72 Å². The van der Waals surface area contributed by atoms with E-state index >= 15 is 0 Å². The predicted octanol–water partition coefficient (Wildman–Crippen LogP) is -0.148. The number of sulfone groups is 1. The highest BCUT2D eigenvalue weighted by molar-refractivity contribution is 7.91. The summed E-state index contributed by atoms with van der Waals surface area (Å²) in [7, 11) is -7.02. The molecule has 1 atom stereocenters. The first kappa shape index (κ1) is 22.3. The summed E-state index contributed by atoms with van der Waals surface area (Å²) in [6.45, 7) is 2.62. The Morgan fingerprint density at radius 2 is 1.89 bits per heavy atom. The first-order valence-electron chi connectivity index (χ1n) is 8.76. The number of carbonyl (C=O) groups excluding carboxylic acids is 2. The lowest BCUT2D eigenvalue weighted by molar-refractivity contribution is -0.151. The molecule has 1 N–H and O–H groups in total. The number of esters is 1. The fourth-order valence-corrected chi connectivity index (χ4v) is 5.59. The van der Waals surface area contributed by atoms with Gasteiger partial charge >= 0.3 is 5.97 Å². The minimum Gasteiger partial charge on any atom is -0.455 e. The highest BCUT2D eigenvalue weighted by Crippen LogP contribution is 2.17. The molecule has 1 aliphatic rings. The van der Waals surface area contributed by atoms with E-state index in [2.05, 4.69) is 4.72 Å². The molecule has 1 fully saturated rings. The first-order valence-corrected chi connectivity index (χ1v) is 12.1. The third kappa shape index (κ3) is 6.01. The maximum atomic E-state index is 12.2. The third-order valence-corrected chi connectivity index (χ3v) is 7.57. The van der Waals surface area contributed by atoms with Crippen LogP contribution in [-0.4, -0.2) is 70.9 Å². The average Bonchev–Trinajstić information content (AvgIpc) is 2.99. The Hall–Kier alpha value is -1.98. The van der Waals surface area contributed by atoms with Crippen molar-refractivity contribution in [2.24, 2.45) is 0 Å². The molecule has 11 heteroatoms. The number of nitrogens with one attached hydrogen (secondary N) is 1. The van der Waals surface area contributed by atoms with E-state index in [1.807, 2.05) is 6.92 Å². The lowest BCUT2D eigenvalue weighted by atomic mass is 10.2. The molecule has 1 heterocycles. The number of likely N-dealkylation sites (N-methyl/N-ethyl adjacent to an activating group) is 1. The van der Waals surface area contributed by atoms with E-state index in [1.165, 1.54) is 17.0 Å². The van der Waals surface area contributed by atoms with Crippen LogP contribution in [0.3, 0.4) is 0 Å². The minimum atomic E-state index is -3.87. The second-order valence-electron chi connectivity index (χ2n) is 6.53. The Morgan fingerprint density at radius 1 is 1.25 bits per heavy atom. The molecule has 1 amide bonds. The van der Waals surface area contributed by atoms with Gasteiger partial charge in [0.1, 0.15) is 6.54 Å². The van der Waals surface area contributed by atoms with Gasteiger partial charge in [-0.1, -0.05) is 17.7 Å². The van der Waals surface area contributed by atoms with E-state index in [9.17, 15) is 26.4 Å². The zero-order chi connectivity index (χ0) is 20.9. The van der Waals surface area contributed by atoms with Gasteiger partial charge in [-0.05, 0) is 32.4 Å². The monoisotopic (exact) mass is 432 g/mol. The van der Waals surface area contributed by atoms with Crippen molar-refractivity contribution in [3.63, 3.8) is 0 Å². The molecule has 0 unspecified atom stereocenters. The van der Waals surface area contributed by atoms with Crippen LogP contribution in [0.1, 0.15) is 18.9 Å². The molecule has 0 aromatic heterocycles. The number of benzene rings is 1. The maximum Gasteiger partial charge on any atom is 0.321 e. The number of aryl methyl sites for hydroxylation is 1. The molecule has 1 aromatic carbocycles. The number of ether oxygens (including phenoxy) is 1. The summed E-state index contributed by atoms with van der Waals surface area (Å²) in [6.07, 6.45) is 0.353. The molecule has 0 spiro atoms. The summed E-state index contributed by atoms with van der Waals surface area (Å²) in [5, 5.41) is 0. The number of amides is 1. The topological polar surface area (TPSA) is 127 Å². The van der Waals surface area contributed by atoms with Crippen LogP contribution in [0.15, 0.2) is 29.2 Å². The molecule has 0 aliphatic carbocycles. The van der Waals surface area contributed by atoms with Crippen molar-refractivity contribution < 1.29 is 31.2 Å². The summed E-state index contributed by atoms with van der Waals surface area (Å²) in [5.41, 5.74) is 0.896. The maximum absolute atomic E-state index is 12.2. The Kier molecular flexibility index (Phi) is 7.18. The van der Waals surface area contributed by atoms with E-state index in [1.54, 1.807) is 19.1 Å². The van der Waals surface area contributed by atoms with Gasteiger partial charge in [-0.3, -0.25) is 9.59 Å². The van der Waals surface area contributed by atoms with Crippen molar-refractivity contribution in [2.45, 2.75) is 31.2 Å². The second-order valence-corrected chi connectivity index (χ2v) is 10.5. The van der Waals surface area contributed by atoms with E-state index in [0.29, 0.717) is 6.42 Å². The van der Waals surface area contributed by atoms with Crippen LogP contribution in [0.5, 0.6) is 0 Å². The molecule has 0 bridgehead atoms. The summed E-state index contributed by atoms with van der Waals surface area (Å²) < 4.78 is 54.4. The zero-order valence-electron chi connectivity index (χ0n) is 15.8. The fourth-order valence-electron chi connectivity index (χ4n) is 2.89. The van der Waals surface area contributed by atoms with Crippen LogP contribution < -0.4 is 4.72 Å². The molecule has 9 nitrogen and oxygen atoms in total. The van der Waals surface area contributed by atoms with Gasteiger partial charge in [0, 0.05) is 12.6 Å². The van der Waals surface area contributed by atoms with Gasteiger partial charge in [-0.15, -0.1) is 0 Å². The number of sulfonamides is 1. The molecule has 0 radical (unpaired) electrons. The van der Waals surface area contributed by atoms with Gasteiger partial charge < -0.3 is 9.64 Å². The van der Waals surface area contributed by atoms with Crippen molar-refractivity contribution in [1.82, 2.24) is 9.62 Å². The zero-order valence-corrected chi connectivity index (χ0v) is 17.4. The van der Waals surface area contributed by atoms with E-state index < -0.39 is 50.9 Å². The highest BCUT2D eigenvalue weighted by atomic mass is 32.2. The smallest absolute Gasteiger partial charge is 0.321 e. The highest BCUT2D eigenvalue weighted by Gasteiger charge is 2.34. The molecule has 1 saturated heterocycles.